The highest BCUT2D eigenvalue weighted by Crippen LogP contribution is 2.26. The summed E-state index contributed by atoms with van der Waals surface area (Å²) in [5.41, 5.74) is 0.797. The quantitative estimate of drug-likeness (QED) is 0.863. The average molecular weight is 322 g/mol. The van der Waals surface area contributed by atoms with Crippen LogP contribution in [0.2, 0.25) is 0 Å². The van der Waals surface area contributed by atoms with Gasteiger partial charge in [0.25, 0.3) is 0 Å². The molecule has 0 unspecified atom stereocenters. The highest BCUT2D eigenvalue weighted by molar-refractivity contribution is 5.54. The third-order valence-corrected chi connectivity index (χ3v) is 4.26. The predicted octanol–water partition coefficient (Wildman–Crippen LogP) is 3.54. The van der Waals surface area contributed by atoms with E-state index in [1.54, 1.807) is 6.92 Å². The van der Waals surface area contributed by atoms with Gasteiger partial charge in [0.2, 0.25) is 5.89 Å². The van der Waals surface area contributed by atoms with Crippen molar-refractivity contribution in [3.8, 4) is 11.5 Å². The van der Waals surface area contributed by atoms with Crippen molar-refractivity contribution in [2.24, 2.45) is 0 Å². The molecule has 1 aromatic heterocycles. The molecule has 0 bridgehead atoms. The topological polar surface area (TPSA) is 38.5 Å². The molecule has 0 aliphatic carbocycles. The second kappa shape index (κ2) is 6.76. The Labute approximate surface area is 134 Å². The highest BCUT2D eigenvalue weighted by atomic mass is 19.1. The highest BCUT2D eigenvalue weighted by Gasteiger charge is 2.22. The number of ether oxygens (including phenoxy) is 1. The molecule has 0 atom stereocenters. The lowest BCUT2D eigenvalue weighted by Crippen LogP contribution is -2.36. The van der Waals surface area contributed by atoms with Crippen LogP contribution in [0.1, 0.15) is 24.3 Å². The van der Waals surface area contributed by atoms with Gasteiger partial charge in [-0.3, -0.25) is 4.90 Å². The Hall–Kier alpha value is -1.79. The van der Waals surface area contributed by atoms with Crippen LogP contribution in [-0.4, -0.2) is 36.2 Å². The van der Waals surface area contributed by atoms with Crippen molar-refractivity contribution in [1.82, 2.24) is 9.88 Å². The fourth-order valence-electron chi connectivity index (χ4n) is 2.84. The van der Waals surface area contributed by atoms with Gasteiger partial charge in [-0.05, 0) is 45.0 Å². The molecule has 0 amide bonds. The molecule has 1 aliphatic rings. The number of hydrogen-bond donors (Lipinski definition) is 0. The smallest absolute Gasteiger partial charge is 0.229 e. The molecule has 0 spiro atoms. The van der Waals surface area contributed by atoms with Crippen LogP contribution < -0.4 is 0 Å². The van der Waals surface area contributed by atoms with Gasteiger partial charge in [0.1, 0.15) is 17.4 Å². The number of nitrogens with zero attached hydrogens (tertiary/aromatic N) is 2. The molecule has 1 fully saturated rings. The van der Waals surface area contributed by atoms with Crippen LogP contribution in [0.5, 0.6) is 0 Å². The SMILES string of the molecule is Cc1oc(-c2cc(F)ccc2F)nc1CN(C)C1CCOCC1. The molecule has 1 saturated heterocycles. The Morgan fingerprint density at radius 1 is 1.26 bits per heavy atom. The Kier molecular flexibility index (Phi) is 4.73. The molecule has 3 rings (SSSR count). The Morgan fingerprint density at radius 3 is 2.74 bits per heavy atom. The lowest BCUT2D eigenvalue weighted by Gasteiger charge is -2.30. The Bertz CT molecular complexity index is 681. The van der Waals surface area contributed by atoms with Gasteiger partial charge in [0.05, 0.1) is 11.3 Å². The van der Waals surface area contributed by atoms with Crippen LogP contribution in [0.15, 0.2) is 22.6 Å². The van der Waals surface area contributed by atoms with Gasteiger partial charge in [0, 0.05) is 25.8 Å². The minimum atomic E-state index is -0.544. The first-order valence-electron chi connectivity index (χ1n) is 7.74. The van der Waals surface area contributed by atoms with E-state index in [2.05, 4.69) is 9.88 Å². The van der Waals surface area contributed by atoms with E-state index in [4.69, 9.17) is 9.15 Å². The fraction of sp³-hybridized carbons (Fsp3) is 0.471. The number of aryl methyl sites for hydroxylation is 1. The van der Waals surface area contributed by atoms with Crippen LogP contribution in [-0.2, 0) is 11.3 Å². The lowest BCUT2D eigenvalue weighted by molar-refractivity contribution is 0.0402. The van der Waals surface area contributed by atoms with Crippen molar-refractivity contribution < 1.29 is 17.9 Å². The van der Waals surface area contributed by atoms with Gasteiger partial charge in [-0.1, -0.05) is 0 Å². The van der Waals surface area contributed by atoms with Crippen LogP contribution in [0.25, 0.3) is 11.5 Å². The first-order chi connectivity index (χ1) is 11.0. The average Bonchev–Trinajstić information content (AvgIpc) is 2.91. The Balaban J connectivity index is 1.79. The molecule has 1 aromatic carbocycles. The van der Waals surface area contributed by atoms with Gasteiger partial charge < -0.3 is 9.15 Å². The van der Waals surface area contributed by atoms with Crippen molar-refractivity contribution in [1.29, 1.82) is 0 Å². The van der Waals surface area contributed by atoms with E-state index in [0.717, 1.165) is 49.9 Å². The normalized spacial score (nSPS) is 16.2. The molecule has 0 N–H and O–H groups in total. The molecular formula is C17H20F2N2O2. The number of hydrogen-bond acceptors (Lipinski definition) is 4. The van der Waals surface area contributed by atoms with Crippen molar-refractivity contribution in [2.75, 3.05) is 20.3 Å². The van der Waals surface area contributed by atoms with Crippen molar-refractivity contribution >= 4 is 0 Å². The summed E-state index contributed by atoms with van der Waals surface area (Å²) in [6, 6.07) is 3.70. The molecular weight excluding hydrogens is 302 g/mol. The maximum Gasteiger partial charge on any atom is 0.229 e. The standard InChI is InChI=1S/C17H20F2N2O2/c1-11-16(10-21(2)13-5-7-22-8-6-13)20-17(23-11)14-9-12(18)3-4-15(14)19/h3-4,9,13H,5-8,10H2,1-2H3. The number of benzene rings is 1. The van der Waals surface area contributed by atoms with Crippen LogP contribution >= 0.6 is 0 Å². The van der Waals surface area contributed by atoms with Gasteiger partial charge in [0.15, 0.2) is 0 Å². The van der Waals surface area contributed by atoms with Crippen LogP contribution in [0, 0.1) is 18.6 Å². The number of rotatable bonds is 4. The summed E-state index contributed by atoms with van der Waals surface area (Å²) in [7, 11) is 2.03. The van der Waals surface area contributed by atoms with Gasteiger partial charge in [-0.2, -0.15) is 0 Å². The molecule has 6 heteroatoms. The molecule has 1 aliphatic heterocycles. The second-order valence-corrected chi connectivity index (χ2v) is 5.90. The minimum absolute atomic E-state index is 0.0491. The van der Waals surface area contributed by atoms with Gasteiger partial charge >= 0.3 is 0 Å². The number of halogens is 2. The number of aromatic nitrogens is 1. The summed E-state index contributed by atoms with van der Waals surface area (Å²) in [5.74, 6) is -0.312. The first-order valence-corrected chi connectivity index (χ1v) is 7.74. The van der Waals surface area contributed by atoms with Crippen LogP contribution in [0.3, 0.4) is 0 Å². The monoisotopic (exact) mass is 322 g/mol. The van der Waals surface area contributed by atoms with E-state index in [-0.39, 0.29) is 11.5 Å². The molecule has 0 saturated carbocycles. The molecule has 124 valence electrons. The van der Waals surface area contributed by atoms with E-state index < -0.39 is 11.6 Å². The van der Waals surface area contributed by atoms with Crippen molar-refractivity contribution in [3.63, 3.8) is 0 Å². The molecule has 2 heterocycles. The summed E-state index contributed by atoms with van der Waals surface area (Å²) in [5, 5.41) is 0. The predicted molar refractivity (Wildman–Crippen MR) is 81.9 cm³/mol. The minimum Gasteiger partial charge on any atom is -0.441 e. The second-order valence-electron chi connectivity index (χ2n) is 5.90. The maximum atomic E-state index is 13.9. The molecule has 0 radical (unpaired) electrons. The summed E-state index contributed by atoms with van der Waals surface area (Å²) >= 11 is 0. The van der Waals surface area contributed by atoms with E-state index >= 15 is 0 Å². The summed E-state index contributed by atoms with van der Waals surface area (Å²) in [4.78, 5) is 6.58. The largest absolute Gasteiger partial charge is 0.441 e. The first kappa shape index (κ1) is 16.1. The summed E-state index contributed by atoms with van der Waals surface area (Å²) in [6.45, 7) is 3.94. The van der Waals surface area contributed by atoms with Gasteiger partial charge in [-0.25, -0.2) is 13.8 Å². The zero-order chi connectivity index (χ0) is 16.4. The van der Waals surface area contributed by atoms with E-state index in [1.807, 2.05) is 7.05 Å². The van der Waals surface area contributed by atoms with Crippen molar-refractivity contribution in [3.05, 3.63) is 41.3 Å². The summed E-state index contributed by atoms with van der Waals surface area (Å²) in [6.07, 6.45) is 1.97. The van der Waals surface area contributed by atoms with Crippen molar-refractivity contribution in [2.45, 2.75) is 32.4 Å². The van der Waals surface area contributed by atoms with Crippen LogP contribution in [0.4, 0.5) is 8.78 Å². The van der Waals surface area contributed by atoms with E-state index in [1.165, 1.54) is 0 Å². The zero-order valence-electron chi connectivity index (χ0n) is 13.3. The Morgan fingerprint density at radius 2 is 2.00 bits per heavy atom. The molecule has 4 nitrogen and oxygen atoms in total. The van der Waals surface area contributed by atoms with E-state index in [9.17, 15) is 8.78 Å². The maximum absolute atomic E-state index is 13.9. The zero-order valence-corrected chi connectivity index (χ0v) is 13.3. The third kappa shape index (κ3) is 3.59. The molecule has 23 heavy (non-hydrogen) atoms. The summed E-state index contributed by atoms with van der Waals surface area (Å²) < 4.78 is 38.1. The third-order valence-electron chi connectivity index (χ3n) is 4.26. The lowest BCUT2D eigenvalue weighted by atomic mass is 10.1. The number of oxazole rings is 1. The van der Waals surface area contributed by atoms with E-state index in [0.29, 0.717) is 18.3 Å². The molecule has 2 aromatic rings. The fourth-order valence-corrected chi connectivity index (χ4v) is 2.84. The van der Waals surface area contributed by atoms with Gasteiger partial charge in [-0.15, -0.1) is 0 Å².